The molecule has 2 unspecified atom stereocenters. The first-order chi connectivity index (χ1) is 15.4. The first-order valence-corrected chi connectivity index (χ1v) is 12.2. The molecule has 2 N–H and O–H groups in total. The zero-order chi connectivity index (χ0) is 23.9. The number of para-hydroxylation sites is 1. The molecule has 182 valence electrons. The van der Waals surface area contributed by atoms with E-state index in [1.54, 1.807) is 12.1 Å². The monoisotopic (exact) mass is 450 g/mol. The molecule has 0 amide bonds. The van der Waals surface area contributed by atoms with Crippen LogP contribution in [0.1, 0.15) is 84.6 Å². The number of benzene rings is 1. The standard InChI is InChI=1S/C26H42O6/c1-5-9-12-19(7-3)17-31-25(29)22(16-21-14-11-15-23(27)24(21)28)26(30)32-18-20(8-4)13-10-6-2/h11,14-15,19-20,22,27-28H,5-10,12-13,16-18H2,1-4H3. The number of phenols is 2. The lowest BCUT2D eigenvalue weighted by molar-refractivity contribution is -0.163. The molecule has 2 atom stereocenters. The Morgan fingerprint density at radius 3 is 1.78 bits per heavy atom. The van der Waals surface area contributed by atoms with Gasteiger partial charge in [-0.05, 0) is 36.3 Å². The van der Waals surface area contributed by atoms with E-state index in [1.807, 2.05) is 0 Å². The predicted molar refractivity (Wildman–Crippen MR) is 125 cm³/mol. The van der Waals surface area contributed by atoms with E-state index in [0.29, 0.717) is 5.56 Å². The Kier molecular flexibility index (Phi) is 13.5. The van der Waals surface area contributed by atoms with Crippen LogP contribution in [0.2, 0.25) is 0 Å². The molecule has 0 fully saturated rings. The molecule has 0 radical (unpaired) electrons. The molecule has 32 heavy (non-hydrogen) atoms. The first-order valence-electron chi connectivity index (χ1n) is 12.2. The van der Waals surface area contributed by atoms with Gasteiger partial charge in [0.2, 0.25) is 0 Å². The summed E-state index contributed by atoms with van der Waals surface area (Å²) in [4.78, 5) is 25.8. The fraction of sp³-hybridized carbons (Fsp3) is 0.692. The van der Waals surface area contributed by atoms with Crippen molar-refractivity contribution < 1.29 is 29.3 Å². The van der Waals surface area contributed by atoms with E-state index in [9.17, 15) is 19.8 Å². The van der Waals surface area contributed by atoms with E-state index in [0.717, 1.165) is 51.4 Å². The average Bonchev–Trinajstić information content (AvgIpc) is 2.79. The summed E-state index contributed by atoms with van der Waals surface area (Å²) in [5.41, 5.74) is 0.306. The molecule has 0 saturated carbocycles. The second-order valence-electron chi connectivity index (χ2n) is 8.63. The third-order valence-corrected chi connectivity index (χ3v) is 6.10. The van der Waals surface area contributed by atoms with Crippen molar-refractivity contribution in [2.75, 3.05) is 13.2 Å². The summed E-state index contributed by atoms with van der Waals surface area (Å²) in [6.07, 6.45) is 7.92. The second-order valence-corrected chi connectivity index (χ2v) is 8.63. The summed E-state index contributed by atoms with van der Waals surface area (Å²) in [6.45, 7) is 8.89. The van der Waals surface area contributed by atoms with E-state index in [1.165, 1.54) is 6.07 Å². The van der Waals surface area contributed by atoms with Crippen molar-refractivity contribution >= 4 is 11.9 Å². The Hall–Kier alpha value is -2.24. The molecule has 0 spiro atoms. The van der Waals surface area contributed by atoms with Crippen molar-refractivity contribution in [2.24, 2.45) is 17.8 Å². The molecule has 1 rings (SSSR count). The largest absolute Gasteiger partial charge is 0.504 e. The van der Waals surface area contributed by atoms with Crippen LogP contribution in [0.25, 0.3) is 0 Å². The minimum atomic E-state index is -1.19. The van der Waals surface area contributed by atoms with Gasteiger partial charge in [-0.2, -0.15) is 0 Å². The van der Waals surface area contributed by atoms with Crippen molar-refractivity contribution in [3.63, 3.8) is 0 Å². The van der Waals surface area contributed by atoms with Crippen LogP contribution in [0.3, 0.4) is 0 Å². The molecule has 0 bridgehead atoms. The van der Waals surface area contributed by atoms with Crippen LogP contribution >= 0.6 is 0 Å². The Morgan fingerprint density at radius 2 is 1.34 bits per heavy atom. The van der Waals surface area contributed by atoms with Crippen molar-refractivity contribution in [1.29, 1.82) is 0 Å². The smallest absolute Gasteiger partial charge is 0.320 e. The molecule has 0 saturated heterocycles. The van der Waals surface area contributed by atoms with Gasteiger partial charge in [0.25, 0.3) is 0 Å². The molecule has 1 aromatic rings. The number of rotatable bonds is 16. The Labute approximate surface area is 193 Å². The molecule has 6 heteroatoms. The highest BCUT2D eigenvalue weighted by molar-refractivity contribution is 5.95. The molecule has 0 aromatic heterocycles. The van der Waals surface area contributed by atoms with Crippen LogP contribution in [0.15, 0.2) is 18.2 Å². The highest BCUT2D eigenvalue weighted by atomic mass is 16.6. The van der Waals surface area contributed by atoms with Crippen LogP contribution < -0.4 is 0 Å². The molecule has 0 aliphatic heterocycles. The number of carbonyl (C=O) groups is 2. The average molecular weight is 451 g/mol. The van der Waals surface area contributed by atoms with E-state index >= 15 is 0 Å². The number of esters is 2. The number of phenolic OH excluding ortho intramolecular Hbond substituents is 2. The number of hydrogen-bond donors (Lipinski definition) is 2. The summed E-state index contributed by atoms with van der Waals surface area (Å²) < 4.78 is 11.1. The second kappa shape index (κ2) is 15.5. The van der Waals surface area contributed by atoms with Crippen molar-refractivity contribution in [3.05, 3.63) is 23.8 Å². The fourth-order valence-electron chi connectivity index (χ4n) is 3.62. The van der Waals surface area contributed by atoms with Gasteiger partial charge in [0, 0.05) is 6.42 Å². The van der Waals surface area contributed by atoms with Crippen molar-refractivity contribution in [3.8, 4) is 11.5 Å². The third-order valence-electron chi connectivity index (χ3n) is 6.10. The maximum Gasteiger partial charge on any atom is 0.320 e. The minimum absolute atomic E-state index is 0.0879. The zero-order valence-corrected chi connectivity index (χ0v) is 20.3. The van der Waals surface area contributed by atoms with Crippen LogP contribution in [0.5, 0.6) is 11.5 Å². The molecule has 1 aromatic carbocycles. The van der Waals surface area contributed by atoms with E-state index in [-0.39, 0.29) is 43.0 Å². The quantitative estimate of drug-likeness (QED) is 0.188. The van der Waals surface area contributed by atoms with Gasteiger partial charge in [-0.25, -0.2) is 0 Å². The summed E-state index contributed by atoms with van der Waals surface area (Å²) in [5.74, 6) is -2.59. The van der Waals surface area contributed by atoms with E-state index in [2.05, 4.69) is 27.7 Å². The molecule has 0 aliphatic carbocycles. The molecule has 6 nitrogen and oxygen atoms in total. The molecular weight excluding hydrogens is 408 g/mol. The molecule has 0 aliphatic rings. The van der Waals surface area contributed by atoms with Gasteiger partial charge < -0.3 is 19.7 Å². The summed E-state index contributed by atoms with van der Waals surface area (Å²) in [5, 5.41) is 20.0. The van der Waals surface area contributed by atoms with Crippen LogP contribution in [0, 0.1) is 17.8 Å². The summed E-state index contributed by atoms with van der Waals surface area (Å²) in [7, 11) is 0. The van der Waals surface area contributed by atoms with Crippen molar-refractivity contribution in [2.45, 2.75) is 85.5 Å². The predicted octanol–water partition coefficient (Wildman–Crippen LogP) is 5.78. The number of hydrogen-bond acceptors (Lipinski definition) is 6. The number of aromatic hydroxyl groups is 2. The maximum absolute atomic E-state index is 12.9. The number of unbranched alkanes of at least 4 members (excludes halogenated alkanes) is 2. The van der Waals surface area contributed by atoms with Gasteiger partial charge in [-0.15, -0.1) is 0 Å². The maximum atomic E-state index is 12.9. The fourth-order valence-corrected chi connectivity index (χ4v) is 3.62. The topological polar surface area (TPSA) is 93.1 Å². The lowest BCUT2D eigenvalue weighted by atomic mass is 9.97. The van der Waals surface area contributed by atoms with E-state index < -0.39 is 17.9 Å². The third kappa shape index (κ3) is 9.49. The SMILES string of the molecule is CCCCC(CC)COC(=O)C(Cc1cccc(O)c1O)C(=O)OCC(CC)CCCC. The van der Waals surface area contributed by atoms with Gasteiger partial charge in [-0.3, -0.25) is 9.59 Å². The first kappa shape index (κ1) is 27.8. The number of carbonyl (C=O) groups excluding carboxylic acids is 2. The van der Waals surface area contributed by atoms with Crippen molar-refractivity contribution in [1.82, 2.24) is 0 Å². The van der Waals surface area contributed by atoms with Gasteiger partial charge in [0.05, 0.1) is 13.2 Å². The summed E-state index contributed by atoms with van der Waals surface area (Å²) in [6, 6.07) is 4.49. The minimum Gasteiger partial charge on any atom is -0.504 e. The highest BCUT2D eigenvalue weighted by Gasteiger charge is 2.32. The van der Waals surface area contributed by atoms with Crippen LogP contribution in [0.4, 0.5) is 0 Å². The Bertz CT molecular complexity index is 655. The lowest BCUT2D eigenvalue weighted by Gasteiger charge is -2.20. The van der Waals surface area contributed by atoms with Gasteiger partial charge in [-0.1, -0.05) is 78.4 Å². The van der Waals surface area contributed by atoms with Gasteiger partial charge in [0.1, 0.15) is 0 Å². The van der Waals surface area contributed by atoms with Gasteiger partial charge >= 0.3 is 11.9 Å². The Morgan fingerprint density at radius 1 is 0.844 bits per heavy atom. The zero-order valence-electron chi connectivity index (χ0n) is 20.3. The molecular formula is C26H42O6. The highest BCUT2D eigenvalue weighted by Crippen LogP contribution is 2.30. The molecule has 0 heterocycles. The van der Waals surface area contributed by atoms with Crippen LogP contribution in [-0.2, 0) is 25.5 Å². The van der Waals surface area contributed by atoms with E-state index in [4.69, 9.17) is 9.47 Å². The number of ether oxygens (including phenoxy) is 2. The summed E-state index contributed by atoms with van der Waals surface area (Å²) >= 11 is 0. The lowest BCUT2D eigenvalue weighted by Crippen LogP contribution is -2.32. The van der Waals surface area contributed by atoms with Gasteiger partial charge in [0.15, 0.2) is 17.4 Å². The normalized spacial score (nSPS) is 13.9. The Balaban J connectivity index is 2.90. The van der Waals surface area contributed by atoms with Crippen LogP contribution in [-0.4, -0.2) is 35.4 Å².